The Kier molecular flexibility index (Phi) is 4.52. The van der Waals surface area contributed by atoms with E-state index in [-0.39, 0.29) is 5.91 Å². The van der Waals surface area contributed by atoms with E-state index in [2.05, 4.69) is 26.2 Å². The molecule has 18 heavy (non-hydrogen) atoms. The molecule has 1 N–H and O–H groups in total. The molecule has 0 aliphatic rings. The van der Waals surface area contributed by atoms with Crippen LogP contribution in [0.4, 0.5) is 5.82 Å². The average molecular weight is 344 g/mol. The Bertz CT molecular complexity index is 597. The molecule has 0 atom stereocenters. The molecule has 6 heteroatoms. The smallest absolute Gasteiger partial charge is 0.249 e. The van der Waals surface area contributed by atoms with Crippen molar-refractivity contribution < 1.29 is 4.79 Å². The van der Waals surface area contributed by atoms with E-state index in [9.17, 15) is 4.79 Å². The third-order valence-electron chi connectivity index (χ3n) is 1.96. The van der Waals surface area contributed by atoms with Gasteiger partial charge in [0.2, 0.25) is 5.91 Å². The standard InChI is InChI=1S/C12H8BrClN2OS/c13-9-6-4-8(18-9)5-7-12(17)16-11-3-1-2-10(14)15-11/h1-7H,(H,15,16,17)/b7-5+. The molecular formula is C12H8BrClN2OS. The number of hydrogen-bond acceptors (Lipinski definition) is 3. The number of pyridine rings is 1. The normalized spacial score (nSPS) is 10.8. The Labute approximate surface area is 122 Å². The zero-order chi connectivity index (χ0) is 13.0. The molecule has 0 aliphatic carbocycles. The van der Waals surface area contributed by atoms with Crippen molar-refractivity contribution >= 4 is 56.7 Å². The van der Waals surface area contributed by atoms with Crippen LogP contribution in [-0.2, 0) is 4.79 Å². The number of thiophene rings is 1. The van der Waals surface area contributed by atoms with Crippen LogP contribution in [0.2, 0.25) is 5.15 Å². The highest BCUT2D eigenvalue weighted by molar-refractivity contribution is 9.11. The van der Waals surface area contributed by atoms with E-state index in [1.165, 1.54) is 6.08 Å². The van der Waals surface area contributed by atoms with Crippen LogP contribution in [0.3, 0.4) is 0 Å². The zero-order valence-electron chi connectivity index (χ0n) is 9.06. The number of anilines is 1. The van der Waals surface area contributed by atoms with E-state index in [0.717, 1.165) is 8.66 Å². The number of nitrogens with one attached hydrogen (secondary N) is 1. The van der Waals surface area contributed by atoms with Gasteiger partial charge in [-0.1, -0.05) is 17.7 Å². The van der Waals surface area contributed by atoms with Crippen molar-refractivity contribution in [1.29, 1.82) is 0 Å². The first-order valence-corrected chi connectivity index (χ1v) is 6.99. The maximum absolute atomic E-state index is 11.6. The van der Waals surface area contributed by atoms with Crippen LogP contribution in [0, 0.1) is 0 Å². The molecule has 0 saturated heterocycles. The molecule has 92 valence electrons. The summed E-state index contributed by atoms with van der Waals surface area (Å²) in [7, 11) is 0. The van der Waals surface area contributed by atoms with Gasteiger partial charge in [-0.05, 0) is 46.3 Å². The van der Waals surface area contributed by atoms with Gasteiger partial charge < -0.3 is 5.32 Å². The summed E-state index contributed by atoms with van der Waals surface area (Å²) in [5, 5.41) is 2.98. The molecule has 0 unspecified atom stereocenters. The van der Waals surface area contributed by atoms with Gasteiger partial charge in [-0.2, -0.15) is 0 Å². The molecule has 2 heterocycles. The highest BCUT2D eigenvalue weighted by atomic mass is 79.9. The second-order valence-electron chi connectivity index (χ2n) is 3.31. The molecule has 2 rings (SSSR count). The minimum atomic E-state index is -0.241. The van der Waals surface area contributed by atoms with Crippen molar-refractivity contribution in [2.75, 3.05) is 5.32 Å². The minimum Gasteiger partial charge on any atom is -0.307 e. The van der Waals surface area contributed by atoms with E-state index < -0.39 is 0 Å². The third-order valence-corrected chi connectivity index (χ3v) is 3.76. The van der Waals surface area contributed by atoms with E-state index >= 15 is 0 Å². The van der Waals surface area contributed by atoms with Gasteiger partial charge in [0.1, 0.15) is 11.0 Å². The predicted molar refractivity (Wildman–Crippen MR) is 78.9 cm³/mol. The van der Waals surface area contributed by atoms with Crippen molar-refractivity contribution in [3.8, 4) is 0 Å². The van der Waals surface area contributed by atoms with Crippen LogP contribution in [0.15, 0.2) is 40.2 Å². The molecular weight excluding hydrogens is 336 g/mol. The lowest BCUT2D eigenvalue weighted by Gasteiger charge is -2.00. The number of hydrogen-bond donors (Lipinski definition) is 1. The first-order valence-electron chi connectivity index (χ1n) is 5.00. The summed E-state index contributed by atoms with van der Waals surface area (Å²) in [5.74, 6) is 0.193. The molecule has 2 aromatic heterocycles. The van der Waals surface area contributed by atoms with Gasteiger partial charge >= 0.3 is 0 Å². The van der Waals surface area contributed by atoms with E-state index in [1.807, 2.05) is 12.1 Å². The van der Waals surface area contributed by atoms with Gasteiger partial charge in [0.25, 0.3) is 0 Å². The number of aromatic nitrogens is 1. The van der Waals surface area contributed by atoms with Crippen molar-refractivity contribution in [1.82, 2.24) is 4.98 Å². The second kappa shape index (κ2) is 6.13. The molecule has 0 spiro atoms. The van der Waals surface area contributed by atoms with Gasteiger partial charge in [0, 0.05) is 11.0 Å². The van der Waals surface area contributed by atoms with Crippen LogP contribution in [0.5, 0.6) is 0 Å². The van der Waals surface area contributed by atoms with E-state index in [4.69, 9.17) is 11.6 Å². The molecule has 0 bridgehead atoms. The first-order chi connectivity index (χ1) is 8.63. The van der Waals surface area contributed by atoms with Gasteiger partial charge in [0.15, 0.2) is 0 Å². The van der Waals surface area contributed by atoms with Crippen molar-refractivity contribution in [3.63, 3.8) is 0 Å². The lowest BCUT2D eigenvalue weighted by molar-refractivity contribution is -0.111. The summed E-state index contributed by atoms with van der Waals surface area (Å²) in [4.78, 5) is 16.6. The van der Waals surface area contributed by atoms with Crippen LogP contribution in [0.25, 0.3) is 6.08 Å². The Morgan fingerprint density at radius 3 is 2.89 bits per heavy atom. The summed E-state index contributed by atoms with van der Waals surface area (Å²) in [6.07, 6.45) is 3.20. The predicted octanol–water partition coefficient (Wildman–Crippen LogP) is 4.21. The van der Waals surface area contributed by atoms with Crippen LogP contribution in [-0.4, -0.2) is 10.9 Å². The minimum absolute atomic E-state index is 0.241. The Hall–Kier alpha value is -1.17. The summed E-state index contributed by atoms with van der Waals surface area (Å²) in [6, 6.07) is 8.91. The fourth-order valence-electron chi connectivity index (χ4n) is 1.22. The summed E-state index contributed by atoms with van der Waals surface area (Å²) in [6.45, 7) is 0. The summed E-state index contributed by atoms with van der Waals surface area (Å²) >= 11 is 10.6. The Morgan fingerprint density at radius 1 is 1.39 bits per heavy atom. The maximum atomic E-state index is 11.6. The Balaban J connectivity index is 1.98. The van der Waals surface area contributed by atoms with E-state index in [1.54, 1.807) is 35.6 Å². The average Bonchev–Trinajstić information content (AvgIpc) is 2.73. The topological polar surface area (TPSA) is 42.0 Å². The molecule has 0 saturated carbocycles. The quantitative estimate of drug-likeness (QED) is 0.670. The van der Waals surface area contributed by atoms with Gasteiger partial charge in [-0.3, -0.25) is 4.79 Å². The summed E-state index contributed by atoms with van der Waals surface area (Å²) < 4.78 is 1.03. The number of carbonyl (C=O) groups excluding carboxylic acids is 1. The van der Waals surface area contributed by atoms with Gasteiger partial charge in [0.05, 0.1) is 3.79 Å². The maximum Gasteiger partial charge on any atom is 0.249 e. The fourth-order valence-corrected chi connectivity index (χ4v) is 2.71. The number of halogens is 2. The highest BCUT2D eigenvalue weighted by Gasteiger charge is 2.00. The molecule has 0 fully saturated rings. The molecule has 0 aromatic carbocycles. The lowest BCUT2D eigenvalue weighted by Crippen LogP contribution is -2.08. The first kappa shape index (κ1) is 13.3. The molecule has 2 aromatic rings. The molecule has 0 radical (unpaired) electrons. The van der Waals surface area contributed by atoms with Crippen molar-refractivity contribution in [2.24, 2.45) is 0 Å². The SMILES string of the molecule is O=C(/C=C/c1ccc(Br)s1)Nc1cccc(Cl)n1. The van der Waals surface area contributed by atoms with Gasteiger partial charge in [-0.25, -0.2) is 4.98 Å². The molecule has 3 nitrogen and oxygen atoms in total. The van der Waals surface area contributed by atoms with Crippen LogP contribution < -0.4 is 5.32 Å². The fraction of sp³-hybridized carbons (Fsp3) is 0. The van der Waals surface area contributed by atoms with Crippen molar-refractivity contribution in [3.05, 3.63) is 50.2 Å². The van der Waals surface area contributed by atoms with Crippen LogP contribution in [0.1, 0.15) is 4.88 Å². The molecule has 0 aliphatic heterocycles. The third kappa shape index (κ3) is 3.94. The molecule has 1 amide bonds. The number of carbonyl (C=O) groups is 1. The highest BCUT2D eigenvalue weighted by Crippen LogP contribution is 2.22. The monoisotopic (exact) mass is 342 g/mol. The summed E-state index contributed by atoms with van der Waals surface area (Å²) in [5.41, 5.74) is 0. The number of nitrogens with zero attached hydrogens (tertiary/aromatic N) is 1. The number of amides is 1. The van der Waals surface area contributed by atoms with Crippen molar-refractivity contribution in [2.45, 2.75) is 0 Å². The Morgan fingerprint density at radius 2 is 2.22 bits per heavy atom. The second-order valence-corrected chi connectivity index (χ2v) is 6.19. The zero-order valence-corrected chi connectivity index (χ0v) is 12.2. The van der Waals surface area contributed by atoms with E-state index in [0.29, 0.717) is 11.0 Å². The number of rotatable bonds is 3. The van der Waals surface area contributed by atoms with Gasteiger partial charge in [-0.15, -0.1) is 11.3 Å². The van der Waals surface area contributed by atoms with Crippen LogP contribution >= 0.6 is 38.9 Å². The lowest BCUT2D eigenvalue weighted by atomic mass is 10.4. The largest absolute Gasteiger partial charge is 0.307 e.